The minimum atomic E-state index is -3.39. The molecule has 52 heavy (non-hydrogen) atoms. The first-order valence-electron chi connectivity index (χ1n) is 18.1. The number of aromatic nitrogens is 3. The summed E-state index contributed by atoms with van der Waals surface area (Å²) in [6.45, 7) is 6.73. The van der Waals surface area contributed by atoms with Crippen LogP contribution in [0.5, 0.6) is 5.75 Å². The SMILES string of the molecule is COc1ccc2c(c1)[C@@]1(O[C@H](CCn3cc(C(CO)c4ccccc4)nn3)[C@@H]([Si](C)(C)F)[C@@H]1C)C(=O)N2Cc1ccc(NC(=O)[C@H]2CCCN2)cc1. The van der Waals surface area contributed by atoms with Crippen molar-refractivity contribution in [3.8, 4) is 5.75 Å². The van der Waals surface area contributed by atoms with Crippen LogP contribution in [0.4, 0.5) is 15.5 Å². The molecule has 7 rings (SSSR count). The summed E-state index contributed by atoms with van der Waals surface area (Å²) in [4.78, 5) is 29.2. The third-order valence-corrected chi connectivity index (χ3v) is 13.5. The van der Waals surface area contributed by atoms with Crippen LogP contribution in [0.2, 0.25) is 18.6 Å². The number of rotatable bonds is 12. The lowest BCUT2D eigenvalue weighted by Gasteiger charge is -2.31. The predicted octanol–water partition coefficient (Wildman–Crippen LogP) is 5.51. The van der Waals surface area contributed by atoms with Crippen molar-refractivity contribution in [2.24, 2.45) is 5.92 Å². The number of hydrogen-bond acceptors (Lipinski definition) is 8. The Labute approximate surface area is 304 Å². The molecule has 4 heterocycles. The van der Waals surface area contributed by atoms with E-state index in [0.29, 0.717) is 41.3 Å². The second-order valence-electron chi connectivity index (χ2n) is 14.7. The number of ether oxygens (including phenoxy) is 2. The molecule has 3 N–H and O–H groups in total. The summed E-state index contributed by atoms with van der Waals surface area (Å²) in [6.07, 6.45) is 3.48. The minimum Gasteiger partial charge on any atom is -0.497 e. The van der Waals surface area contributed by atoms with Gasteiger partial charge in [-0.15, -0.1) is 5.10 Å². The molecule has 0 saturated carbocycles. The molecule has 3 aliphatic heterocycles. The van der Waals surface area contributed by atoms with Crippen molar-refractivity contribution in [2.75, 3.05) is 30.5 Å². The van der Waals surface area contributed by atoms with E-state index < -0.39 is 31.6 Å². The Bertz CT molecular complexity index is 1900. The van der Waals surface area contributed by atoms with E-state index in [-0.39, 0.29) is 36.9 Å². The quantitative estimate of drug-likeness (QED) is 0.129. The van der Waals surface area contributed by atoms with E-state index in [1.165, 1.54) is 0 Å². The normalized spacial score (nSPS) is 24.7. The molecular weight excluding hydrogens is 680 g/mol. The highest BCUT2D eigenvalue weighted by Gasteiger charge is 2.66. The number of hydrogen-bond donors (Lipinski definition) is 3. The van der Waals surface area contributed by atoms with Gasteiger partial charge in [0, 0.05) is 35.5 Å². The van der Waals surface area contributed by atoms with Crippen LogP contribution in [-0.4, -0.2) is 72.7 Å². The van der Waals surface area contributed by atoms with Crippen LogP contribution in [-0.2, 0) is 33.0 Å². The van der Waals surface area contributed by atoms with Crippen molar-refractivity contribution < 1.29 is 28.3 Å². The zero-order chi connectivity index (χ0) is 36.6. The Morgan fingerprint density at radius 2 is 1.94 bits per heavy atom. The number of nitrogens with zero attached hydrogens (tertiary/aromatic N) is 4. The molecule has 3 aliphatic rings. The number of amides is 2. The predicted molar refractivity (Wildman–Crippen MR) is 198 cm³/mol. The molecule has 13 heteroatoms. The zero-order valence-electron chi connectivity index (χ0n) is 30.1. The number of methoxy groups -OCH3 is 1. The molecule has 2 fully saturated rings. The molecule has 1 spiro atoms. The zero-order valence-corrected chi connectivity index (χ0v) is 31.1. The highest BCUT2D eigenvalue weighted by molar-refractivity contribution is 6.72. The Hall–Kier alpha value is -4.43. The molecule has 6 atom stereocenters. The van der Waals surface area contributed by atoms with Crippen LogP contribution >= 0.6 is 0 Å². The van der Waals surface area contributed by atoms with Gasteiger partial charge in [0.1, 0.15) is 5.75 Å². The lowest BCUT2D eigenvalue weighted by molar-refractivity contribution is -0.146. The summed E-state index contributed by atoms with van der Waals surface area (Å²) in [5.41, 5.74) is 2.66. The van der Waals surface area contributed by atoms with E-state index in [4.69, 9.17) is 9.47 Å². The van der Waals surface area contributed by atoms with Crippen molar-refractivity contribution >= 4 is 31.6 Å². The van der Waals surface area contributed by atoms with Gasteiger partial charge in [0.05, 0.1) is 49.7 Å². The average molecular weight is 727 g/mol. The largest absolute Gasteiger partial charge is 0.497 e. The number of nitrogens with one attached hydrogen (secondary N) is 2. The summed E-state index contributed by atoms with van der Waals surface area (Å²) in [7, 11) is -1.80. The van der Waals surface area contributed by atoms with Gasteiger partial charge in [-0.3, -0.25) is 14.3 Å². The number of anilines is 2. The van der Waals surface area contributed by atoms with Crippen LogP contribution in [0.3, 0.4) is 0 Å². The van der Waals surface area contributed by atoms with Gasteiger partial charge < -0.3 is 34.2 Å². The minimum absolute atomic E-state index is 0.0496. The number of aliphatic hydroxyl groups excluding tert-OH is 1. The van der Waals surface area contributed by atoms with Gasteiger partial charge >= 0.3 is 0 Å². The highest BCUT2D eigenvalue weighted by Crippen LogP contribution is 2.60. The van der Waals surface area contributed by atoms with Crippen LogP contribution in [0.1, 0.15) is 54.5 Å². The molecule has 0 aliphatic carbocycles. The fraction of sp³-hybridized carbons (Fsp3) is 0.436. The summed E-state index contributed by atoms with van der Waals surface area (Å²) >= 11 is 0. The molecule has 3 aromatic carbocycles. The van der Waals surface area contributed by atoms with Crippen molar-refractivity contribution in [2.45, 2.75) is 81.6 Å². The van der Waals surface area contributed by atoms with E-state index in [1.54, 1.807) is 29.8 Å². The topological polar surface area (TPSA) is 131 Å². The second-order valence-corrected chi connectivity index (χ2v) is 18.5. The molecule has 0 bridgehead atoms. The summed E-state index contributed by atoms with van der Waals surface area (Å²) in [5, 5.41) is 25.1. The Balaban J connectivity index is 1.14. The fourth-order valence-electron chi connectivity index (χ4n) is 8.49. The monoisotopic (exact) mass is 726 g/mol. The van der Waals surface area contributed by atoms with Gasteiger partial charge in [-0.1, -0.05) is 54.6 Å². The number of carbonyl (C=O) groups excluding carboxylic acids is 2. The van der Waals surface area contributed by atoms with Crippen molar-refractivity contribution in [1.29, 1.82) is 0 Å². The smallest absolute Gasteiger partial charge is 0.264 e. The average Bonchev–Trinajstić information content (AvgIpc) is 3.94. The molecule has 2 saturated heterocycles. The molecule has 1 unspecified atom stereocenters. The van der Waals surface area contributed by atoms with Gasteiger partial charge in [0.25, 0.3) is 5.91 Å². The molecule has 1 aromatic heterocycles. The molecule has 11 nitrogen and oxygen atoms in total. The van der Waals surface area contributed by atoms with Crippen molar-refractivity contribution in [3.05, 3.63) is 101 Å². The van der Waals surface area contributed by atoms with E-state index in [2.05, 4.69) is 20.9 Å². The van der Waals surface area contributed by atoms with Gasteiger partial charge in [0.15, 0.2) is 5.60 Å². The number of aryl methyl sites for hydroxylation is 1. The molecular formula is C39H47FN6O5Si. The maximum Gasteiger partial charge on any atom is 0.264 e. The highest BCUT2D eigenvalue weighted by atomic mass is 28.4. The maximum absolute atomic E-state index is 16.4. The summed E-state index contributed by atoms with van der Waals surface area (Å²) < 4.78 is 30.7. The van der Waals surface area contributed by atoms with Crippen LogP contribution in [0.25, 0.3) is 0 Å². The lowest BCUT2D eigenvalue weighted by Crippen LogP contribution is -2.45. The summed E-state index contributed by atoms with van der Waals surface area (Å²) in [6, 6.07) is 22.6. The van der Waals surface area contributed by atoms with Crippen LogP contribution in [0.15, 0.2) is 79.0 Å². The van der Waals surface area contributed by atoms with Gasteiger partial charge in [-0.05, 0) is 80.4 Å². The number of carbonyl (C=O) groups is 2. The van der Waals surface area contributed by atoms with E-state index in [0.717, 1.165) is 30.5 Å². The Morgan fingerprint density at radius 3 is 2.62 bits per heavy atom. The third kappa shape index (κ3) is 6.66. The second kappa shape index (κ2) is 14.5. The van der Waals surface area contributed by atoms with Gasteiger partial charge in [-0.2, -0.15) is 0 Å². The van der Waals surface area contributed by atoms with E-state index in [9.17, 15) is 14.7 Å². The number of fused-ring (bicyclic) bond motifs is 2. The first-order chi connectivity index (χ1) is 25.0. The number of benzene rings is 3. The molecule has 2 amide bonds. The maximum atomic E-state index is 16.4. The van der Waals surface area contributed by atoms with E-state index in [1.807, 2.05) is 85.9 Å². The lowest BCUT2D eigenvalue weighted by atomic mass is 9.82. The fourth-order valence-corrected chi connectivity index (χ4v) is 11.0. The molecule has 4 aromatic rings. The standard InChI is InChI=1S/C39H47FN6O5Si/c1-25-36(52(3,4)40)35(18-20-45-23-33(43-44-45)30(24-47)27-9-6-5-7-10-27)51-39(25)31-21-29(50-2)16-17-34(31)46(38(39)49)22-26-12-14-28(15-13-26)42-37(48)32-11-8-19-41-32/h5-7,9-10,12-17,21,23,25,30,32,35-36,41,47H,8,11,18-20,22,24H2,1-4H3,(H,42,48)/t25-,30?,32+,35+,36-,39+/m0/s1. The van der Waals surface area contributed by atoms with Crippen molar-refractivity contribution in [3.63, 3.8) is 0 Å². The van der Waals surface area contributed by atoms with Crippen LogP contribution < -0.4 is 20.3 Å². The summed E-state index contributed by atoms with van der Waals surface area (Å²) in [5.74, 6) is -0.466. The first kappa shape index (κ1) is 35.9. The first-order valence-corrected chi connectivity index (χ1v) is 21.0. The third-order valence-electron chi connectivity index (χ3n) is 11.0. The molecule has 274 valence electrons. The van der Waals surface area contributed by atoms with Gasteiger partial charge in [0.2, 0.25) is 14.3 Å². The Kier molecular flexibility index (Phi) is 10.0. The van der Waals surface area contributed by atoms with Crippen molar-refractivity contribution in [1.82, 2.24) is 20.3 Å². The Morgan fingerprint density at radius 1 is 1.17 bits per heavy atom. The van der Waals surface area contributed by atoms with Crippen LogP contribution in [0, 0.1) is 5.92 Å². The number of halogens is 1. The van der Waals surface area contributed by atoms with Gasteiger partial charge in [-0.25, -0.2) is 0 Å². The number of aliphatic hydroxyl groups is 1. The molecule has 0 radical (unpaired) electrons. The van der Waals surface area contributed by atoms with E-state index >= 15 is 4.11 Å².